The van der Waals surface area contributed by atoms with Gasteiger partial charge < -0.3 is 15.2 Å². The number of morpholine rings is 1. The number of hydrogen-bond acceptors (Lipinski definition) is 5. The molecule has 0 spiro atoms. The minimum Gasteiger partial charge on any atom is -0.480 e. The van der Waals surface area contributed by atoms with Crippen LogP contribution in [0, 0.1) is 6.92 Å². The summed E-state index contributed by atoms with van der Waals surface area (Å²) < 4.78 is 32.1. The van der Waals surface area contributed by atoms with Crippen LogP contribution in [-0.2, 0) is 19.6 Å². The largest absolute Gasteiger partial charge is 0.480 e. The summed E-state index contributed by atoms with van der Waals surface area (Å²) in [7, 11) is -3.75. The molecule has 1 aromatic rings. The molecule has 0 unspecified atom stereocenters. The highest BCUT2D eigenvalue weighted by atomic mass is 32.2. The van der Waals surface area contributed by atoms with Gasteiger partial charge in [0.2, 0.25) is 10.0 Å². The third kappa shape index (κ3) is 4.17. The molecule has 1 amide bonds. The molecule has 0 bridgehead atoms. The number of benzene rings is 1. The van der Waals surface area contributed by atoms with Gasteiger partial charge in [-0.1, -0.05) is 6.07 Å². The van der Waals surface area contributed by atoms with Gasteiger partial charge >= 0.3 is 5.97 Å². The second kappa shape index (κ2) is 7.11. The Hall–Kier alpha value is -1.97. The lowest BCUT2D eigenvalue weighted by atomic mass is 10.0. The Morgan fingerprint density at radius 3 is 2.40 bits per heavy atom. The number of carbonyl (C=O) groups excluding carboxylic acids is 1. The quantitative estimate of drug-likeness (QED) is 0.785. The molecule has 0 radical (unpaired) electrons. The molecule has 1 aliphatic heterocycles. The fourth-order valence-corrected chi connectivity index (χ4v) is 4.01. The lowest BCUT2D eigenvalue weighted by molar-refractivity contribution is -0.143. The zero-order chi connectivity index (χ0) is 18.8. The van der Waals surface area contributed by atoms with Crippen molar-refractivity contribution in [2.45, 2.75) is 31.2 Å². The van der Waals surface area contributed by atoms with E-state index in [1.807, 2.05) is 0 Å². The van der Waals surface area contributed by atoms with Crippen LogP contribution < -0.4 is 5.32 Å². The first-order valence-corrected chi connectivity index (χ1v) is 9.24. The summed E-state index contributed by atoms with van der Waals surface area (Å²) in [4.78, 5) is 23.5. The predicted molar refractivity (Wildman–Crippen MR) is 89.9 cm³/mol. The first kappa shape index (κ1) is 19.4. The highest BCUT2D eigenvalue weighted by molar-refractivity contribution is 7.89. The average Bonchev–Trinajstić information content (AvgIpc) is 2.55. The normalized spacial score (nSPS) is 16.4. The summed E-state index contributed by atoms with van der Waals surface area (Å²) >= 11 is 0. The molecule has 8 nitrogen and oxygen atoms in total. The van der Waals surface area contributed by atoms with Gasteiger partial charge in [0.15, 0.2) is 0 Å². The predicted octanol–water partition coefficient (Wildman–Crippen LogP) is 0.609. The van der Waals surface area contributed by atoms with E-state index in [9.17, 15) is 18.0 Å². The van der Waals surface area contributed by atoms with Crippen molar-refractivity contribution in [3.05, 3.63) is 29.3 Å². The molecule has 2 N–H and O–H groups in total. The number of aryl methyl sites for hydroxylation is 1. The SMILES string of the molecule is Cc1ccc(C(=O)NC(C)(C)C(=O)O)cc1S(=O)(=O)N1CCOCC1. The van der Waals surface area contributed by atoms with Crippen LogP contribution in [-0.4, -0.2) is 61.5 Å². The Labute approximate surface area is 146 Å². The Morgan fingerprint density at radius 1 is 1.24 bits per heavy atom. The number of aliphatic carboxylic acids is 1. The van der Waals surface area contributed by atoms with Crippen molar-refractivity contribution in [1.29, 1.82) is 0 Å². The summed E-state index contributed by atoms with van der Waals surface area (Å²) in [6, 6.07) is 4.30. The van der Waals surface area contributed by atoms with Gasteiger partial charge in [0.25, 0.3) is 5.91 Å². The lowest BCUT2D eigenvalue weighted by Gasteiger charge is -2.27. The molecule has 0 atom stereocenters. The molecule has 1 saturated heterocycles. The maximum Gasteiger partial charge on any atom is 0.328 e. The van der Waals surface area contributed by atoms with E-state index in [0.717, 1.165) is 0 Å². The lowest BCUT2D eigenvalue weighted by Crippen LogP contribution is -2.49. The standard InChI is InChI=1S/C16H22N2O6S/c1-11-4-5-12(14(19)17-16(2,3)15(20)21)10-13(11)25(22,23)18-6-8-24-9-7-18/h4-5,10H,6-9H2,1-3H3,(H,17,19)(H,20,21). The van der Waals surface area contributed by atoms with Crippen molar-refractivity contribution in [3.8, 4) is 0 Å². The van der Waals surface area contributed by atoms with Crippen molar-refractivity contribution >= 4 is 21.9 Å². The second-order valence-corrected chi connectivity index (χ2v) is 8.29. The van der Waals surface area contributed by atoms with Gasteiger partial charge in [0.05, 0.1) is 18.1 Å². The summed E-state index contributed by atoms with van der Waals surface area (Å²) in [5, 5.41) is 11.5. The van der Waals surface area contributed by atoms with Gasteiger partial charge in [0, 0.05) is 18.7 Å². The van der Waals surface area contributed by atoms with Crippen LogP contribution in [0.15, 0.2) is 23.1 Å². The molecule has 9 heteroatoms. The van der Waals surface area contributed by atoms with E-state index in [0.29, 0.717) is 18.8 Å². The second-order valence-electron chi connectivity index (χ2n) is 6.38. The highest BCUT2D eigenvalue weighted by Gasteiger charge is 2.31. The van der Waals surface area contributed by atoms with E-state index in [2.05, 4.69) is 5.32 Å². The van der Waals surface area contributed by atoms with Crippen molar-refractivity contribution in [3.63, 3.8) is 0 Å². The number of ether oxygens (including phenoxy) is 1. The summed E-state index contributed by atoms with van der Waals surface area (Å²) in [5.41, 5.74) is -0.863. The maximum atomic E-state index is 12.8. The van der Waals surface area contributed by atoms with Crippen molar-refractivity contribution < 1.29 is 27.9 Å². The third-order valence-electron chi connectivity index (χ3n) is 4.00. The molecule has 1 fully saturated rings. The minimum atomic E-state index is -3.75. The van der Waals surface area contributed by atoms with E-state index in [1.54, 1.807) is 6.92 Å². The fourth-order valence-electron chi connectivity index (χ4n) is 2.35. The summed E-state index contributed by atoms with van der Waals surface area (Å²) in [6.45, 7) is 5.51. The molecular weight excluding hydrogens is 348 g/mol. The molecule has 138 valence electrons. The number of carbonyl (C=O) groups is 2. The number of rotatable bonds is 5. The van der Waals surface area contributed by atoms with Crippen LogP contribution in [0.2, 0.25) is 0 Å². The molecule has 0 aliphatic carbocycles. The van der Waals surface area contributed by atoms with Gasteiger partial charge in [-0.3, -0.25) is 4.79 Å². The number of sulfonamides is 1. The van der Waals surface area contributed by atoms with Crippen LogP contribution in [0.3, 0.4) is 0 Å². The number of nitrogens with zero attached hydrogens (tertiary/aromatic N) is 1. The van der Waals surface area contributed by atoms with Crippen molar-refractivity contribution in [2.75, 3.05) is 26.3 Å². The molecule has 0 saturated carbocycles. The van der Waals surface area contributed by atoms with E-state index in [-0.39, 0.29) is 23.5 Å². The number of hydrogen-bond donors (Lipinski definition) is 2. The third-order valence-corrected chi connectivity index (χ3v) is 6.04. The maximum absolute atomic E-state index is 12.8. The first-order chi connectivity index (χ1) is 11.6. The number of amides is 1. The van der Waals surface area contributed by atoms with Crippen LogP contribution in [0.1, 0.15) is 29.8 Å². The van der Waals surface area contributed by atoms with E-state index in [1.165, 1.54) is 36.4 Å². The molecule has 2 rings (SSSR count). The Morgan fingerprint density at radius 2 is 1.84 bits per heavy atom. The molecule has 1 aliphatic rings. The number of carboxylic acid groups (broad SMARTS) is 1. The topological polar surface area (TPSA) is 113 Å². The van der Waals surface area contributed by atoms with Gasteiger partial charge in [-0.15, -0.1) is 0 Å². The van der Waals surface area contributed by atoms with Crippen LogP contribution >= 0.6 is 0 Å². The van der Waals surface area contributed by atoms with Crippen LogP contribution in [0.4, 0.5) is 0 Å². The zero-order valence-electron chi connectivity index (χ0n) is 14.4. The number of carboxylic acids is 1. The smallest absolute Gasteiger partial charge is 0.328 e. The molecule has 0 aromatic heterocycles. The van der Waals surface area contributed by atoms with E-state index < -0.39 is 27.4 Å². The van der Waals surface area contributed by atoms with Gasteiger partial charge in [0.1, 0.15) is 5.54 Å². The molecule has 1 heterocycles. The zero-order valence-corrected chi connectivity index (χ0v) is 15.2. The molecular formula is C16H22N2O6S. The van der Waals surface area contributed by atoms with Gasteiger partial charge in [-0.05, 0) is 38.5 Å². The Balaban J connectivity index is 2.34. The molecule has 1 aromatic carbocycles. The Bertz CT molecular complexity index is 782. The Kier molecular flexibility index (Phi) is 5.50. The summed E-state index contributed by atoms with van der Waals surface area (Å²) in [5.74, 6) is -1.83. The fraction of sp³-hybridized carbons (Fsp3) is 0.500. The van der Waals surface area contributed by atoms with E-state index in [4.69, 9.17) is 9.84 Å². The van der Waals surface area contributed by atoms with Crippen molar-refractivity contribution in [1.82, 2.24) is 9.62 Å². The van der Waals surface area contributed by atoms with Crippen LogP contribution in [0.25, 0.3) is 0 Å². The monoisotopic (exact) mass is 370 g/mol. The van der Waals surface area contributed by atoms with Gasteiger partial charge in [-0.2, -0.15) is 4.31 Å². The number of nitrogens with one attached hydrogen (secondary N) is 1. The minimum absolute atomic E-state index is 0.0372. The van der Waals surface area contributed by atoms with E-state index >= 15 is 0 Å². The highest BCUT2D eigenvalue weighted by Crippen LogP contribution is 2.22. The van der Waals surface area contributed by atoms with Gasteiger partial charge in [-0.25, -0.2) is 13.2 Å². The first-order valence-electron chi connectivity index (χ1n) is 7.80. The van der Waals surface area contributed by atoms with Crippen molar-refractivity contribution in [2.24, 2.45) is 0 Å². The molecule has 25 heavy (non-hydrogen) atoms. The average molecular weight is 370 g/mol. The summed E-state index contributed by atoms with van der Waals surface area (Å²) in [6.07, 6.45) is 0. The van der Waals surface area contributed by atoms with Crippen LogP contribution in [0.5, 0.6) is 0 Å².